The monoisotopic (exact) mass is 208 g/mol. The van der Waals surface area contributed by atoms with Gasteiger partial charge < -0.3 is 24.4 Å². The quantitative estimate of drug-likeness (QED) is 0.470. The topological polar surface area (TPSA) is 68.2 Å². The molecule has 0 aromatic rings. The van der Waals surface area contributed by atoms with Gasteiger partial charge in [0.2, 0.25) is 0 Å². The molecule has 0 fully saturated rings. The van der Waals surface area contributed by atoms with E-state index in [1.54, 1.807) is 6.92 Å². The Kier molecular flexibility index (Phi) is 10.7. The van der Waals surface area contributed by atoms with Crippen molar-refractivity contribution in [1.82, 2.24) is 0 Å². The second-order valence-corrected chi connectivity index (χ2v) is 2.81. The summed E-state index contributed by atoms with van der Waals surface area (Å²) in [5, 5.41) is 17.0. The van der Waals surface area contributed by atoms with E-state index in [0.29, 0.717) is 33.0 Å². The van der Waals surface area contributed by atoms with E-state index in [9.17, 15) is 0 Å². The zero-order chi connectivity index (χ0) is 10.6. The number of ether oxygens (including phenoxy) is 3. The largest absolute Gasteiger partial charge is 0.394 e. The second kappa shape index (κ2) is 10.9. The summed E-state index contributed by atoms with van der Waals surface area (Å²) < 4.78 is 15.3. The van der Waals surface area contributed by atoms with Gasteiger partial charge in [-0.25, -0.2) is 0 Å². The summed E-state index contributed by atoms with van der Waals surface area (Å²) >= 11 is 0. The summed E-state index contributed by atoms with van der Waals surface area (Å²) in [6.45, 7) is 4.16. The summed E-state index contributed by atoms with van der Waals surface area (Å²) in [5.74, 6) is 0. The van der Waals surface area contributed by atoms with Crippen molar-refractivity contribution in [1.29, 1.82) is 0 Å². The van der Waals surface area contributed by atoms with E-state index >= 15 is 0 Å². The van der Waals surface area contributed by atoms with E-state index in [4.69, 9.17) is 24.4 Å². The Morgan fingerprint density at radius 3 is 2.07 bits per heavy atom. The normalized spacial score (nSPS) is 13.1. The molecule has 0 radical (unpaired) electrons. The van der Waals surface area contributed by atoms with Gasteiger partial charge in [-0.05, 0) is 6.92 Å². The van der Waals surface area contributed by atoms with Crippen molar-refractivity contribution in [3.8, 4) is 0 Å². The van der Waals surface area contributed by atoms with E-state index in [0.717, 1.165) is 0 Å². The van der Waals surface area contributed by atoms with Crippen LogP contribution in [-0.4, -0.2) is 62.6 Å². The summed E-state index contributed by atoms with van der Waals surface area (Å²) in [6.07, 6.45) is -0.135. The van der Waals surface area contributed by atoms with Gasteiger partial charge in [0.25, 0.3) is 0 Å². The molecule has 2 N–H and O–H groups in total. The van der Waals surface area contributed by atoms with E-state index in [-0.39, 0.29) is 19.3 Å². The van der Waals surface area contributed by atoms with Crippen molar-refractivity contribution in [2.45, 2.75) is 13.0 Å². The van der Waals surface area contributed by atoms with Crippen LogP contribution in [-0.2, 0) is 14.2 Å². The van der Waals surface area contributed by atoms with Gasteiger partial charge in [-0.1, -0.05) is 0 Å². The van der Waals surface area contributed by atoms with Gasteiger partial charge in [-0.3, -0.25) is 0 Å². The third kappa shape index (κ3) is 9.88. The molecule has 0 aliphatic carbocycles. The molecule has 0 aromatic carbocycles. The second-order valence-electron chi connectivity index (χ2n) is 2.81. The number of rotatable bonds is 10. The van der Waals surface area contributed by atoms with Gasteiger partial charge in [0, 0.05) is 0 Å². The molecule has 14 heavy (non-hydrogen) atoms. The van der Waals surface area contributed by atoms with E-state index in [1.807, 2.05) is 0 Å². The Balaban J connectivity index is 2.92. The maximum atomic E-state index is 8.63. The van der Waals surface area contributed by atoms with E-state index in [2.05, 4.69) is 0 Å². The van der Waals surface area contributed by atoms with Crippen molar-refractivity contribution in [2.75, 3.05) is 46.2 Å². The Labute approximate surface area is 84.6 Å². The van der Waals surface area contributed by atoms with Gasteiger partial charge in [-0.15, -0.1) is 0 Å². The average Bonchev–Trinajstić information content (AvgIpc) is 2.21. The number of hydrogen-bond acceptors (Lipinski definition) is 5. The molecule has 5 nitrogen and oxygen atoms in total. The molecule has 1 atom stereocenters. The zero-order valence-corrected chi connectivity index (χ0v) is 8.65. The minimum atomic E-state index is -0.135. The average molecular weight is 208 g/mol. The van der Waals surface area contributed by atoms with Gasteiger partial charge in [0.1, 0.15) is 0 Å². The van der Waals surface area contributed by atoms with Crippen LogP contribution in [0.15, 0.2) is 0 Å². The van der Waals surface area contributed by atoms with Crippen LogP contribution in [0.4, 0.5) is 0 Å². The van der Waals surface area contributed by atoms with Crippen molar-refractivity contribution in [3.05, 3.63) is 0 Å². The Morgan fingerprint density at radius 2 is 1.50 bits per heavy atom. The highest BCUT2D eigenvalue weighted by molar-refractivity contribution is 4.43. The highest BCUT2D eigenvalue weighted by Crippen LogP contribution is 1.88. The lowest BCUT2D eigenvalue weighted by atomic mass is 10.4. The standard InChI is InChI=1S/C9H20O5/c1-9(8-11)14-7-6-13-5-4-12-3-2-10/h9-11H,2-8H2,1H3. The summed E-state index contributed by atoms with van der Waals surface area (Å²) in [4.78, 5) is 0. The first kappa shape index (κ1) is 13.8. The smallest absolute Gasteiger partial charge is 0.0778 e. The molecular weight excluding hydrogens is 188 g/mol. The first-order valence-electron chi connectivity index (χ1n) is 4.80. The highest BCUT2D eigenvalue weighted by Gasteiger charge is 1.98. The summed E-state index contributed by atoms with van der Waals surface area (Å²) in [7, 11) is 0. The maximum Gasteiger partial charge on any atom is 0.0778 e. The van der Waals surface area contributed by atoms with Crippen molar-refractivity contribution in [2.24, 2.45) is 0 Å². The third-order valence-electron chi connectivity index (χ3n) is 1.49. The van der Waals surface area contributed by atoms with E-state index in [1.165, 1.54) is 0 Å². The van der Waals surface area contributed by atoms with Crippen LogP contribution in [0.3, 0.4) is 0 Å². The molecule has 0 aromatic heterocycles. The minimum absolute atomic E-state index is 0.0274. The molecule has 0 aliphatic heterocycles. The Hall–Kier alpha value is -0.200. The lowest BCUT2D eigenvalue weighted by Gasteiger charge is -2.09. The summed E-state index contributed by atoms with van der Waals surface area (Å²) in [6, 6.07) is 0. The fourth-order valence-corrected chi connectivity index (χ4v) is 0.747. The summed E-state index contributed by atoms with van der Waals surface area (Å²) in [5.41, 5.74) is 0. The Bertz CT molecular complexity index is 109. The molecule has 0 saturated heterocycles. The van der Waals surface area contributed by atoms with Gasteiger partial charge in [0.15, 0.2) is 0 Å². The van der Waals surface area contributed by atoms with Crippen LogP contribution in [0.5, 0.6) is 0 Å². The number of hydrogen-bond donors (Lipinski definition) is 2. The molecule has 86 valence electrons. The molecule has 1 unspecified atom stereocenters. The van der Waals surface area contributed by atoms with Gasteiger partial charge >= 0.3 is 0 Å². The van der Waals surface area contributed by atoms with Crippen LogP contribution in [0.2, 0.25) is 0 Å². The van der Waals surface area contributed by atoms with Gasteiger partial charge in [0.05, 0.1) is 52.4 Å². The van der Waals surface area contributed by atoms with Crippen LogP contribution in [0, 0.1) is 0 Å². The third-order valence-corrected chi connectivity index (χ3v) is 1.49. The molecule has 5 heteroatoms. The van der Waals surface area contributed by atoms with Crippen LogP contribution in [0.25, 0.3) is 0 Å². The van der Waals surface area contributed by atoms with Crippen molar-refractivity contribution >= 4 is 0 Å². The predicted molar refractivity (Wildman–Crippen MR) is 51.2 cm³/mol. The number of aliphatic hydroxyl groups is 2. The van der Waals surface area contributed by atoms with Crippen LogP contribution in [0.1, 0.15) is 6.92 Å². The van der Waals surface area contributed by atoms with E-state index < -0.39 is 0 Å². The zero-order valence-electron chi connectivity index (χ0n) is 8.65. The molecule has 0 bridgehead atoms. The lowest BCUT2D eigenvalue weighted by molar-refractivity contribution is -0.0237. The van der Waals surface area contributed by atoms with Crippen molar-refractivity contribution < 1.29 is 24.4 Å². The van der Waals surface area contributed by atoms with Gasteiger partial charge in [-0.2, -0.15) is 0 Å². The molecule has 0 heterocycles. The fraction of sp³-hybridized carbons (Fsp3) is 1.00. The number of aliphatic hydroxyl groups excluding tert-OH is 2. The SMILES string of the molecule is CC(CO)OCCOCCOCCO. The molecular formula is C9H20O5. The molecule has 0 spiro atoms. The first-order valence-corrected chi connectivity index (χ1v) is 4.80. The minimum Gasteiger partial charge on any atom is -0.394 e. The van der Waals surface area contributed by atoms with Crippen molar-refractivity contribution in [3.63, 3.8) is 0 Å². The molecule has 0 aliphatic rings. The fourth-order valence-electron chi connectivity index (χ4n) is 0.747. The first-order chi connectivity index (χ1) is 6.81. The predicted octanol–water partition coefficient (Wildman–Crippen LogP) is -0.591. The van der Waals surface area contributed by atoms with Crippen LogP contribution >= 0.6 is 0 Å². The molecule has 0 rings (SSSR count). The van der Waals surface area contributed by atoms with Crippen LogP contribution < -0.4 is 0 Å². The molecule has 0 amide bonds. The highest BCUT2D eigenvalue weighted by atomic mass is 16.5. The lowest BCUT2D eigenvalue weighted by Crippen LogP contribution is -2.17. The molecule has 0 saturated carbocycles. The maximum absolute atomic E-state index is 8.63. The Morgan fingerprint density at radius 1 is 0.929 bits per heavy atom.